The van der Waals surface area contributed by atoms with Crippen LogP contribution in [0.1, 0.15) is 35.4 Å². The van der Waals surface area contributed by atoms with Gasteiger partial charge in [0, 0.05) is 10.9 Å². The number of anilines is 2. The number of rotatable bonds is 6. The molecule has 2 saturated heterocycles. The van der Waals surface area contributed by atoms with E-state index in [0.29, 0.717) is 27.5 Å². The summed E-state index contributed by atoms with van der Waals surface area (Å²) in [5.74, 6) is -5.45. The Labute approximate surface area is 304 Å². The van der Waals surface area contributed by atoms with Gasteiger partial charge in [0.15, 0.2) is 11.5 Å². The van der Waals surface area contributed by atoms with E-state index in [-0.39, 0.29) is 41.2 Å². The zero-order valence-electron chi connectivity index (χ0n) is 27.5. The lowest BCUT2D eigenvalue weighted by Gasteiger charge is -2.50. The molecule has 8 nitrogen and oxygen atoms in total. The third-order valence-electron chi connectivity index (χ3n) is 11.2. The van der Waals surface area contributed by atoms with Crippen LogP contribution in [0.25, 0.3) is 6.08 Å². The Bertz CT molecular complexity index is 2180. The number of aromatic hydroxyl groups is 1. The van der Waals surface area contributed by atoms with Gasteiger partial charge in [0.1, 0.15) is 0 Å². The van der Waals surface area contributed by atoms with Crippen molar-refractivity contribution in [2.24, 2.45) is 23.7 Å². The van der Waals surface area contributed by atoms with E-state index in [1.807, 2.05) is 36.4 Å². The maximum Gasteiger partial charge on any atom is 0.246 e. The molecule has 0 unspecified atom stereocenters. The third-order valence-corrected chi connectivity index (χ3v) is 11.7. The minimum Gasteiger partial charge on any atom is -0.503 e. The van der Waals surface area contributed by atoms with E-state index in [4.69, 9.17) is 27.9 Å². The predicted molar refractivity (Wildman–Crippen MR) is 195 cm³/mol. The van der Waals surface area contributed by atoms with E-state index < -0.39 is 46.8 Å². The average molecular weight is 720 g/mol. The molecule has 6 atom stereocenters. The van der Waals surface area contributed by atoms with Crippen molar-refractivity contribution in [1.29, 1.82) is 0 Å². The van der Waals surface area contributed by atoms with E-state index in [2.05, 4.69) is 6.58 Å². The van der Waals surface area contributed by atoms with Gasteiger partial charge in [-0.1, -0.05) is 96.0 Å². The molecule has 0 radical (unpaired) electrons. The molecule has 4 aliphatic rings. The van der Waals surface area contributed by atoms with Gasteiger partial charge in [0.25, 0.3) is 0 Å². The predicted octanol–water partition coefficient (Wildman–Crippen LogP) is 7.72. The van der Waals surface area contributed by atoms with Crippen molar-refractivity contribution in [2.45, 2.75) is 24.2 Å². The molecule has 51 heavy (non-hydrogen) atoms. The topological polar surface area (TPSA) is 104 Å². The number of hydrogen-bond acceptors (Lipinski definition) is 6. The van der Waals surface area contributed by atoms with Crippen LogP contribution in [0.5, 0.6) is 11.5 Å². The molecule has 4 aromatic rings. The minimum atomic E-state index is -1.49. The Hall–Kier alpha value is -5.18. The van der Waals surface area contributed by atoms with Gasteiger partial charge in [0.2, 0.25) is 23.6 Å². The van der Waals surface area contributed by atoms with Gasteiger partial charge in [-0.05, 0) is 77.9 Å². The molecule has 0 spiro atoms. The summed E-state index contributed by atoms with van der Waals surface area (Å²) in [5.41, 5.74) is 2.06. The molecule has 1 saturated carbocycles. The number of phenols is 1. The first-order valence-corrected chi connectivity index (χ1v) is 17.4. The van der Waals surface area contributed by atoms with Crippen molar-refractivity contribution in [1.82, 2.24) is 0 Å². The molecule has 0 aromatic heterocycles. The maximum atomic E-state index is 15.4. The number of benzene rings is 4. The molecule has 3 fully saturated rings. The van der Waals surface area contributed by atoms with Gasteiger partial charge in [-0.2, -0.15) is 0 Å². The van der Waals surface area contributed by atoms with Gasteiger partial charge in [-0.3, -0.25) is 24.1 Å². The van der Waals surface area contributed by atoms with Gasteiger partial charge in [-0.25, -0.2) is 4.90 Å². The van der Waals surface area contributed by atoms with Crippen LogP contribution in [0.3, 0.4) is 0 Å². The van der Waals surface area contributed by atoms with Gasteiger partial charge in [-0.15, -0.1) is 0 Å². The van der Waals surface area contributed by atoms with E-state index in [1.54, 1.807) is 66.7 Å². The van der Waals surface area contributed by atoms with Crippen molar-refractivity contribution in [2.75, 3.05) is 16.9 Å². The van der Waals surface area contributed by atoms with Crippen molar-refractivity contribution in [3.05, 3.63) is 136 Å². The molecule has 256 valence electrons. The Morgan fingerprint density at radius 3 is 2.27 bits per heavy atom. The highest BCUT2D eigenvalue weighted by molar-refractivity contribution is 6.33. The van der Waals surface area contributed by atoms with Crippen LogP contribution in [0, 0.1) is 23.7 Å². The van der Waals surface area contributed by atoms with Crippen LogP contribution in [0.15, 0.2) is 109 Å². The van der Waals surface area contributed by atoms with Gasteiger partial charge in [0.05, 0.1) is 46.7 Å². The lowest BCUT2D eigenvalue weighted by atomic mass is 9.49. The third kappa shape index (κ3) is 4.73. The fraction of sp³-hybridized carbons (Fsp3) is 0.220. The lowest BCUT2D eigenvalue weighted by Crippen LogP contribution is -2.53. The molecular formula is C41H32Cl2N2O6. The fourth-order valence-corrected chi connectivity index (χ4v) is 9.45. The SMILES string of the molecule is C=Cc1ccc(N2C(=O)[C@H]3[C@H](CC=C4[C@H]3C[C@H]3C(=O)N(c5cccc(Cl)c5)C(=O)[C@@]3(c3ccccc3)[C@H]4c3cc(Cl)c(O)c(OC)c3)C2=O)cc1. The van der Waals surface area contributed by atoms with E-state index in [1.165, 1.54) is 16.9 Å². The number of ether oxygens (including phenoxy) is 1. The summed E-state index contributed by atoms with van der Waals surface area (Å²) in [6, 6.07) is 26.1. The maximum absolute atomic E-state index is 15.4. The summed E-state index contributed by atoms with van der Waals surface area (Å²) in [6.07, 6.45) is 4.06. The molecule has 8 rings (SSSR count). The summed E-state index contributed by atoms with van der Waals surface area (Å²) in [6.45, 7) is 3.79. The molecule has 0 bridgehead atoms. The van der Waals surface area contributed by atoms with Crippen molar-refractivity contribution in [3.63, 3.8) is 0 Å². The average Bonchev–Trinajstić information content (AvgIpc) is 3.53. The molecule has 4 amide bonds. The smallest absolute Gasteiger partial charge is 0.246 e. The minimum absolute atomic E-state index is 0.00487. The van der Waals surface area contributed by atoms with Gasteiger partial charge >= 0.3 is 0 Å². The van der Waals surface area contributed by atoms with Crippen molar-refractivity contribution >= 4 is 64.3 Å². The number of allylic oxidation sites excluding steroid dienone is 2. The standard InChI is InChI=1S/C41H32Cl2N2O6/c1-3-22-12-14-26(15-13-22)44-37(47)29-17-16-28-30(34(29)39(44)49)21-31-38(48)45(27-11-7-10-25(42)20-27)40(50)41(31,24-8-5-4-6-9-24)35(28)23-18-32(43)36(46)33(19-23)51-2/h3-16,18-20,29-31,34-35,46H,1,17,21H2,2H3/t29-,30+,31-,34-,35-,41+/m0/s1. The van der Waals surface area contributed by atoms with Crippen molar-refractivity contribution in [3.8, 4) is 11.5 Å². The Morgan fingerprint density at radius 1 is 0.843 bits per heavy atom. The zero-order chi connectivity index (χ0) is 35.8. The number of nitrogens with zero attached hydrogens (tertiary/aromatic N) is 2. The zero-order valence-corrected chi connectivity index (χ0v) is 29.0. The molecule has 2 aliphatic carbocycles. The number of fused-ring (bicyclic) bond motifs is 4. The van der Waals surface area contributed by atoms with Gasteiger partial charge < -0.3 is 9.84 Å². The number of methoxy groups -OCH3 is 1. The van der Waals surface area contributed by atoms with E-state index in [9.17, 15) is 19.5 Å². The summed E-state index contributed by atoms with van der Waals surface area (Å²) < 4.78 is 5.53. The highest BCUT2D eigenvalue weighted by Crippen LogP contribution is 2.65. The van der Waals surface area contributed by atoms with Crippen LogP contribution in [-0.2, 0) is 24.6 Å². The normalized spacial score (nSPS) is 26.8. The van der Waals surface area contributed by atoms with Crippen LogP contribution >= 0.6 is 23.2 Å². The van der Waals surface area contributed by atoms with Crippen LogP contribution in [0.4, 0.5) is 11.4 Å². The molecule has 2 aliphatic heterocycles. The summed E-state index contributed by atoms with van der Waals surface area (Å²) in [5, 5.41) is 11.1. The largest absolute Gasteiger partial charge is 0.503 e. The molecule has 10 heteroatoms. The summed E-state index contributed by atoms with van der Waals surface area (Å²) in [4.78, 5) is 61.3. The number of amides is 4. The van der Waals surface area contributed by atoms with E-state index in [0.717, 1.165) is 11.1 Å². The first-order valence-electron chi connectivity index (χ1n) is 16.7. The number of carbonyl (C=O) groups excluding carboxylic acids is 4. The molecule has 4 aromatic carbocycles. The van der Waals surface area contributed by atoms with Crippen molar-refractivity contribution < 1.29 is 29.0 Å². The number of phenolic OH excluding ortho intramolecular Hbond substituents is 1. The Morgan fingerprint density at radius 2 is 1.59 bits per heavy atom. The quantitative estimate of drug-likeness (QED) is 0.162. The second kappa shape index (κ2) is 12.2. The van der Waals surface area contributed by atoms with Crippen LogP contribution < -0.4 is 14.5 Å². The fourth-order valence-electron chi connectivity index (χ4n) is 9.05. The summed E-state index contributed by atoms with van der Waals surface area (Å²) >= 11 is 13.0. The number of halogens is 2. The Kier molecular flexibility index (Phi) is 7.92. The first-order chi connectivity index (χ1) is 24.6. The second-order valence-corrected chi connectivity index (χ2v) is 14.3. The molecule has 2 heterocycles. The lowest BCUT2D eigenvalue weighted by molar-refractivity contribution is -0.127. The first kappa shape index (κ1) is 33.0. The highest BCUT2D eigenvalue weighted by atomic mass is 35.5. The Balaban J connectivity index is 1.36. The van der Waals surface area contributed by atoms with Crippen LogP contribution in [-0.4, -0.2) is 35.8 Å². The second-order valence-electron chi connectivity index (χ2n) is 13.5. The monoisotopic (exact) mass is 718 g/mol. The number of hydrogen-bond donors (Lipinski definition) is 1. The highest BCUT2D eigenvalue weighted by Gasteiger charge is 2.70. The molecule has 1 N–H and O–H groups in total. The summed E-state index contributed by atoms with van der Waals surface area (Å²) in [7, 11) is 1.41. The molecular weight excluding hydrogens is 687 g/mol. The van der Waals surface area contributed by atoms with E-state index >= 15 is 4.79 Å². The number of carbonyl (C=O) groups is 4. The number of imide groups is 2. The van der Waals surface area contributed by atoms with Crippen LogP contribution in [0.2, 0.25) is 10.0 Å².